The summed E-state index contributed by atoms with van der Waals surface area (Å²) in [7, 11) is 0. The molecule has 2 aromatic rings. The Morgan fingerprint density at radius 3 is 2.70 bits per heavy atom. The average molecular weight is 394 g/mol. The highest BCUT2D eigenvalue weighted by Gasteiger charge is 2.27. The highest BCUT2D eigenvalue weighted by molar-refractivity contribution is 9.10. The summed E-state index contributed by atoms with van der Waals surface area (Å²) in [5.74, 6) is 0. The molecule has 0 spiro atoms. The molecular weight excluding hydrogens is 370 g/mol. The van der Waals surface area contributed by atoms with Crippen LogP contribution in [0.3, 0.4) is 0 Å². The lowest BCUT2D eigenvalue weighted by Gasteiger charge is -2.39. The molecule has 0 radical (unpaired) electrons. The van der Waals surface area contributed by atoms with Crippen molar-refractivity contribution in [2.24, 2.45) is 0 Å². The first-order valence-electron chi connectivity index (χ1n) is 8.85. The van der Waals surface area contributed by atoms with Gasteiger partial charge in [-0.1, -0.05) is 40.1 Å². The van der Waals surface area contributed by atoms with Gasteiger partial charge in [0.2, 0.25) is 0 Å². The Hall–Kier alpha value is -0.650. The van der Waals surface area contributed by atoms with Crippen molar-refractivity contribution >= 4 is 42.6 Å². The lowest BCUT2D eigenvalue weighted by Crippen LogP contribution is -2.48. The van der Waals surface area contributed by atoms with Crippen LogP contribution in [0.2, 0.25) is 0 Å². The van der Waals surface area contributed by atoms with Gasteiger partial charge in [-0.3, -0.25) is 4.90 Å². The van der Waals surface area contributed by atoms with Gasteiger partial charge < -0.3 is 4.90 Å². The summed E-state index contributed by atoms with van der Waals surface area (Å²) in [6, 6.07) is 7.12. The molecule has 4 rings (SSSR count). The predicted octanol–water partition coefficient (Wildman–Crippen LogP) is 4.90. The molecule has 1 aromatic heterocycles. The Labute approximate surface area is 150 Å². The molecule has 2 aliphatic heterocycles. The van der Waals surface area contributed by atoms with Crippen LogP contribution in [0.5, 0.6) is 0 Å². The third kappa shape index (κ3) is 3.57. The third-order valence-corrected chi connectivity index (χ3v) is 6.74. The zero-order chi connectivity index (χ0) is 15.6. The van der Waals surface area contributed by atoms with Crippen LogP contribution < -0.4 is 4.90 Å². The monoisotopic (exact) mass is 393 g/mol. The Kier molecular flexibility index (Phi) is 4.88. The van der Waals surface area contributed by atoms with E-state index in [-0.39, 0.29) is 0 Å². The highest BCUT2D eigenvalue weighted by atomic mass is 79.9. The van der Waals surface area contributed by atoms with Gasteiger partial charge in [-0.25, -0.2) is 4.98 Å². The van der Waals surface area contributed by atoms with Crippen molar-refractivity contribution in [1.82, 2.24) is 9.88 Å². The molecule has 5 heteroatoms. The van der Waals surface area contributed by atoms with Crippen molar-refractivity contribution < 1.29 is 0 Å². The third-order valence-electron chi connectivity index (χ3n) is 5.16. The summed E-state index contributed by atoms with van der Waals surface area (Å²) in [6.45, 7) is 4.91. The number of anilines is 1. The van der Waals surface area contributed by atoms with E-state index in [1.165, 1.54) is 61.4 Å². The minimum Gasteiger partial charge on any atom is -0.346 e. The molecule has 2 fully saturated rings. The molecule has 0 aliphatic carbocycles. The van der Waals surface area contributed by atoms with E-state index in [1.54, 1.807) is 0 Å². The summed E-state index contributed by atoms with van der Waals surface area (Å²) in [6.07, 6.45) is 8.24. The first kappa shape index (κ1) is 15.9. The van der Waals surface area contributed by atoms with Crippen LogP contribution in [0.4, 0.5) is 5.13 Å². The Balaban J connectivity index is 1.51. The van der Waals surface area contributed by atoms with Gasteiger partial charge in [0.15, 0.2) is 5.13 Å². The van der Waals surface area contributed by atoms with Gasteiger partial charge in [-0.15, -0.1) is 0 Å². The van der Waals surface area contributed by atoms with Crippen LogP contribution in [0.25, 0.3) is 10.2 Å². The van der Waals surface area contributed by atoms with Crippen LogP contribution in [0, 0.1) is 0 Å². The molecule has 2 saturated heterocycles. The van der Waals surface area contributed by atoms with Crippen molar-refractivity contribution in [2.75, 3.05) is 31.1 Å². The number of fused-ring (bicyclic) bond motifs is 1. The summed E-state index contributed by atoms with van der Waals surface area (Å²) >= 11 is 5.40. The maximum absolute atomic E-state index is 4.88. The van der Waals surface area contributed by atoms with Crippen molar-refractivity contribution in [2.45, 2.75) is 44.6 Å². The molecule has 23 heavy (non-hydrogen) atoms. The zero-order valence-electron chi connectivity index (χ0n) is 13.5. The first-order chi connectivity index (χ1) is 11.3. The van der Waals surface area contributed by atoms with Gasteiger partial charge in [0.25, 0.3) is 0 Å². The molecule has 0 N–H and O–H groups in total. The second kappa shape index (κ2) is 7.08. The molecule has 0 bridgehead atoms. The van der Waals surface area contributed by atoms with E-state index in [0.29, 0.717) is 0 Å². The number of halogens is 1. The molecule has 1 atom stereocenters. The smallest absolute Gasteiger partial charge is 0.186 e. The van der Waals surface area contributed by atoms with E-state index in [9.17, 15) is 0 Å². The van der Waals surface area contributed by atoms with Gasteiger partial charge in [-0.05, 0) is 57.0 Å². The Bertz CT molecular complexity index is 663. The molecule has 2 aliphatic rings. The second-order valence-corrected chi connectivity index (χ2v) is 8.73. The van der Waals surface area contributed by atoms with E-state index in [1.807, 2.05) is 11.3 Å². The van der Waals surface area contributed by atoms with E-state index in [4.69, 9.17) is 4.98 Å². The number of hydrogen-bond donors (Lipinski definition) is 0. The molecule has 3 heterocycles. The molecule has 0 saturated carbocycles. The molecular formula is C18H24BrN3S. The Morgan fingerprint density at radius 2 is 1.87 bits per heavy atom. The van der Waals surface area contributed by atoms with Gasteiger partial charge in [0, 0.05) is 23.6 Å². The molecule has 3 nitrogen and oxygen atoms in total. The normalized spacial score (nSPS) is 24.0. The number of aromatic nitrogens is 1. The van der Waals surface area contributed by atoms with E-state index < -0.39 is 0 Å². The summed E-state index contributed by atoms with van der Waals surface area (Å²) < 4.78 is 2.42. The number of hydrogen-bond acceptors (Lipinski definition) is 4. The second-order valence-electron chi connectivity index (χ2n) is 6.80. The maximum atomic E-state index is 4.88. The average Bonchev–Trinajstić information content (AvgIpc) is 2.80. The van der Waals surface area contributed by atoms with Gasteiger partial charge in [-0.2, -0.15) is 0 Å². The van der Waals surface area contributed by atoms with Crippen molar-refractivity contribution in [3.05, 3.63) is 22.7 Å². The summed E-state index contributed by atoms with van der Waals surface area (Å²) in [5.41, 5.74) is 1.13. The van der Waals surface area contributed by atoms with Crippen LogP contribution in [-0.2, 0) is 0 Å². The minimum atomic E-state index is 0.723. The quantitative estimate of drug-likeness (QED) is 0.722. The maximum Gasteiger partial charge on any atom is 0.186 e. The number of rotatable bonds is 2. The predicted molar refractivity (Wildman–Crippen MR) is 103 cm³/mol. The Morgan fingerprint density at radius 1 is 1.04 bits per heavy atom. The van der Waals surface area contributed by atoms with E-state index in [0.717, 1.165) is 29.1 Å². The number of piperidine rings is 1. The molecule has 1 aromatic carbocycles. The number of thiazole rings is 1. The standard InChI is InChI=1S/C18H24BrN3S/c19-14-7-8-16-17(12-14)23-18(20-16)22-11-5-6-15(13-22)21-9-3-1-2-4-10-21/h7-8,12,15H,1-6,9-11,13H2/t15-/m0/s1. The fourth-order valence-electron chi connectivity index (χ4n) is 3.91. The fraction of sp³-hybridized carbons (Fsp3) is 0.611. The lowest BCUT2D eigenvalue weighted by atomic mass is 10.0. The molecule has 0 amide bonds. The SMILES string of the molecule is Brc1ccc2nc(N3CCC[C@H](N4CCCCCC4)C3)sc2c1. The summed E-state index contributed by atoms with van der Waals surface area (Å²) in [4.78, 5) is 10.2. The minimum absolute atomic E-state index is 0.723. The van der Waals surface area contributed by atoms with Crippen LogP contribution in [-0.4, -0.2) is 42.1 Å². The van der Waals surface area contributed by atoms with Gasteiger partial charge >= 0.3 is 0 Å². The van der Waals surface area contributed by atoms with Crippen molar-refractivity contribution in [1.29, 1.82) is 0 Å². The topological polar surface area (TPSA) is 19.4 Å². The van der Waals surface area contributed by atoms with Gasteiger partial charge in [0.1, 0.15) is 0 Å². The van der Waals surface area contributed by atoms with Crippen LogP contribution in [0.15, 0.2) is 22.7 Å². The first-order valence-corrected chi connectivity index (χ1v) is 10.5. The van der Waals surface area contributed by atoms with Gasteiger partial charge in [0.05, 0.1) is 10.2 Å². The van der Waals surface area contributed by atoms with Crippen molar-refractivity contribution in [3.63, 3.8) is 0 Å². The number of likely N-dealkylation sites (tertiary alicyclic amines) is 1. The van der Waals surface area contributed by atoms with Crippen LogP contribution in [0.1, 0.15) is 38.5 Å². The number of nitrogens with zero attached hydrogens (tertiary/aromatic N) is 3. The molecule has 124 valence electrons. The lowest BCUT2D eigenvalue weighted by molar-refractivity contribution is 0.182. The van der Waals surface area contributed by atoms with Crippen LogP contribution >= 0.6 is 27.3 Å². The van der Waals surface area contributed by atoms with E-state index in [2.05, 4.69) is 43.9 Å². The summed E-state index contributed by atoms with van der Waals surface area (Å²) in [5, 5.41) is 1.21. The largest absolute Gasteiger partial charge is 0.346 e. The highest BCUT2D eigenvalue weighted by Crippen LogP contribution is 2.33. The zero-order valence-corrected chi connectivity index (χ0v) is 15.9. The van der Waals surface area contributed by atoms with E-state index >= 15 is 0 Å². The molecule has 0 unspecified atom stereocenters. The number of benzene rings is 1. The fourth-order valence-corrected chi connectivity index (χ4v) is 5.46. The van der Waals surface area contributed by atoms with Crippen molar-refractivity contribution in [3.8, 4) is 0 Å².